The van der Waals surface area contributed by atoms with E-state index in [2.05, 4.69) is 4.98 Å². The van der Waals surface area contributed by atoms with Crippen LogP contribution in [0.2, 0.25) is 0 Å². The van der Waals surface area contributed by atoms with E-state index in [1.54, 1.807) is 11.3 Å². The Morgan fingerprint density at radius 2 is 2.17 bits per heavy atom. The molecule has 0 unspecified atom stereocenters. The second kappa shape index (κ2) is 6.45. The van der Waals surface area contributed by atoms with Crippen LogP contribution in [0, 0.1) is 11.8 Å². The molecule has 122 valence electrons. The van der Waals surface area contributed by atoms with E-state index in [0.717, 1.165) is 15.2 Å². The summed E-state index contributed by atoms with van der Waals surface area (Å²) < 4.78 is 6.18. The van der Waals surface area contributed by atoms with Gasteiger partial charge in [-0.1, -0.05) is 12.1 Å². The number of aryl methyl sites for hydroxylation is 1. The number of amides is 1. The normalized spacial score (nSPS) is 22.8. The fourth-order valence-corrected chi connectivity index (χ4v) is 4.17. The Kier molecular flexibility index (Phi) is 4.55. The zero-order valence-corrected chi connectivity index (χ0v) is 14.1. The number of carbonyl (C=O) groups excluding carboxylic acids is 2. The Bertz CT molecular complexity index is 715. The molecule has 0 radical (unpaired) electrons. The molecule has 4 rings (SSSR count). The van der Waals surface area contributed by atoms with Crippen molar-refractivity contribution in [2.75, 3.05) is 19.7 Å². The molecule has 0 aliphatic carbocycles. The second-order valence-electron chi connectivity index (χ2n) is 5.87. The van der Waals surface area contributed by atoms with Gasteiger partial charge in [-0.15, -0.1) is 23.7 Å². The number of fused-ring (bicyclic) bond motifs is 2. The third kappa shape index (κ3) is 3.05. The molecule has 5 nitrogen and oxygen atoms in total. The number of ether oxygens (including phenoxy) is 1. The molecule has 7 heteroatoms. The number of carbonyl (C=O) groups is 2. The summed E-state index contributed by atoms with van der Waals surface area (Å²) in [5.74, 6) is 0.0539. The maximum atomic E-state index is 12.3. The van der Waals surface area contributed by atoms with Gasteiger partial charge in [0.2, 0.25) is 5.91 Å². The number of nitrogens with zero attached hydrogens (tertiary/aromatic N) is 2. The lowest BCUT2D eigenvalue weighted by Gasteiger charge is -2.16. The summed E-state index contributed by atoms with van der Waals surface area (Å²) in [7, 11) is 0. The topological polar surface area (TPSA) is 59.5 Å². The minimum absolute atomic E-state index is 0. The van der Waals surface area contributed by atoms with Crippen LogP contribution >= 0.6 is 23.7 Å². The van der Waals surface area contributed by atoms with Crippen molar-refractivity contribution in [1.82, 2.24) is 9.88 Å². The van der Waals surface area contributed by atoms with Gasteiger partial charge >= 0.3 is 5.97 Å². The number of para-hydroxylation sites is 1. The molecule has 0 bridgehead atoms. The van der Waals surface area contributed by atoms with Crippen molar-refractivity contribution >= 4 is 45.8 Å². The standard InChI is InChI=1S/C16H16N2O3S.ClH/c19-15(18-7-10-9-21-16(20)11(10)8-18)6-5-14-17-12-3-1-2-4-13(12)22-14;/h1-4,10-11H,5-9H2;1H/t10-,11-;/m1./s1. The fraction of sp³-hybridized carbons (Fsp3) is 0.438. The van der Waals surface area contributed by atoms with Gasteiger partial charge in [-0.05, 0) is 12.1 Å². The number of likely N-dealkylation sites (tertiary alicyclic amines) is 1. The molecule has 0 spiro atoms. The summed E-state index contributed by atoms with van der Waals surface area (Å²) in [6, 6.07) is 8.01. The van der Waals surface area contributed by atoms with Crippen LogP contribution in [-0.4, -0.2) is 41.5 Å². The summed E-state index contributed by atoms with van der Waals surface area (Å²) in [5, 5.41) is 0.994. The highest BCUT2D eigenvalue weighted by atomic mass is 35.5. The van der Waals surface area contributed by atoms with E-state index in [9.17, 15) is 9.59 Å². The average Bonchev–Trinajstić information content (AvgIpc) is 3.20. The number of benzene rings is 1. The van der Waals surface area contributed by atoms with Gasteiger partial charge in [-0.3, -0.25) is 9.59 Å². The Morgan fingerprint density at radius 3 is 2.96 bits per heavy atom. The molecule has 1 amide bonds. The van der Waals surface area contributed by atoms with Gasteiger partial charge in [0.25, 0.3) is 0 Å². The van der Waals surface area contributed by atoms with Crippen LogP contribution in [0.3, 0.4) is 0 Å². The van der Waals surface area contributed by atoms with Crippen LogP contribution in [0.1, 0.15) is 11.4 Å². The molecule has 1 aromatic carbocycles. The Hall–Kier alpha value is -1.66. The van der Waals surface area contributed by atoms with E-state index >= 15 is 0 Å². The first-order chi connectivity index (χ1) is 10.7. The maximum Gasteiger partial charge on any atom is 0.311 e. The van der Waals surface area contributed by atoms with E-state index in [-0.39, 0.29) is 36.1 Å². The van der Waals surface area contributed by atoms with E-state index < -0.39 is 0 Å². The molecule has 2 fully saturated rings. The number of cyclic esters (lactones) is 1. The smallest absolute Gasteiger partial charge is 0.311 e. The van der Waals surface area contributed by atoms with Crippen LogP contribution in [0.25, 0.3) is 10.2 Å². The number of hydrogen-bond acceptors (Lipinski definition) is 5. The quantitative estimate of drug-likeness (QED) is 0.795. The van der Waals surface area contributed by atoms with Crippen LogP contribution in [-0.2, 0) is 20.7 Å². The lowest BCUT2D eigenvalue weighted by molar-refractivity contribution is -0.142. The minimum Gasteiger partial charge on any atom is -0.465 e. The van der Waals surface area contributed by atoms with Gasteiger partial charge in [0, 0.05) is 31.8 Å². The van der Waals surface area contributed by atoms with Crippen LogP contribution in [0.4, 0.5) is 0 Å². The first-order valence-electron chi connectivity index (χ1n) is 7.49. The monoisotopic (exact) mass is 352 g/mol. The summed E-state index contributed by atoms with van der Waals surface area (Å²) in [6.07, 6.45) is 1.11. The zero-order valence-electron chi connectivity index (χ0n) is 12.4. The molecular formula is C16H17ClN2O3S. The number of thiazole rings is 1. The first kappa shape index (κ1) is 16.2. The molecule has 2 aromatic rings. The van der Waals surface area contributed by atoms with Crippen molar-refractivity contribution in [3.05, 3.63) is 29.3 Å². The number of aromatic nitrogens is 1. The van der Waals surface area contributed by atoms with Crippen LogP contribution < -0.4 is 0 Å². The predicted molar refractivity (Wildman–Crippen MR) is 89.7 cm³/mol. The highest BCUT2D eigenvalue weighted by Crippen LogP contribution is 2.31. The molecule has 2 aliphatic rings. The highest BCUT2D eigenvalue weighted by Gasteiger charge is 2.45. The molecule has 2 aliphatic heterocycles. The predicted octanol–water partition coefficient (Wildman–Crippen LogP) is 2.28. The van der Waals surface area contributed by atoms with Crippen LogP contribution in [0.5, 0.6) is 0 Å². The average molecular weight is 353 g/mol. The third-order valence-corrected chi connectivity index (χ3v) is 5.52. The Labute approximate surface area is 144 Å². The van der Waals surface area contributed by atoms with Crippen molar-refractivity contribution in [2.45, 2.75) is 12.8 Å². The number of hydrogen-bond donors (Lipinski definition) is 0. The number of halogens is 1. The zero-order chi connectivity index (χ0) is 15.1. The van der Waals surface area contributed by atoms with Crippen molar-refractivity contribution in [1.29, 1.82) is 0 Å². The summed E-state index contributed by atoms with van der Waals surface area (Å²) in [5.41, 5.74) is 0.994. The summed E-state index contributed by atoms with van der Waals surface area (Å²) in [6.45, 7) is 1.63. The van der Waals surface area contributed by atoms with Gasteiger partial charge in [0.15, 0.2) is 0 Å². The van der Waals surface area contributed by atoms with Gasteiger partial charge in [0.1, 0.15) is 0 Å². The maximum absolute atomic E-state index is 12.3. The molecule has 23 heavy (non-hydrogen) atoms. The van der Waals surface area contributed by atoms with Crippen molar-refractivity contribution < 1.29 is 14.3 Å². The van der Waals surface area contributed by atoms with Gasteiger partial charge in [-0.25, -0.2) is 4.98 Å². The Morgan fingerprint density at radius 1 is 1.35 bits per heavy atom. The van der Waals surface area contributed by atoms with E-state index in [1.165, 1.54) is 0 Å². The minimum atomic E-state index is -0.147. The highest BCUT2D eigenvalue weighted by molar-refractivity contribution is 7.18. The second-order valence-corrected chi connectivity index (χ2v) is 6.99. The largest absolute Gasteiger partial charge is 0.465 e. The molecule has 3 heterocycles. The lowest BCUT2D eigenvalue weighted by atomic mass is 10.0. The lowest BCUT2D eigenvalue weighted by Crippen LogP contribution is -2.31. The molecule has 2 atom stereocenters. The van der Waals surface area contributed by atoms with E-state index in [1.807, 2.05) is 29.2 Å². The Balaban J connectivity index is 0.00000156. The summed E-state index contributed by atoms with van der Waals surface area (Å²) >= 11 is 1.64. The summed E-state index contributed by atoms with van der Waals surface area (Å²) in [4.78, 5) is 30.2. The van der Waals surface area contributed by atoms with Crippen molar-refractivity contribution in [3.8, 4) is 0 Å². The molecule has 1 aromatic heterocycles. The van der Waals surface area contributed by atoms with E-state index in [0.29, 0.717) is 32.5 Å². The van der Waals surface area contributed by atoms with Gasteiger partial charge < -0.3 is 9.64 Å². The van der Waals surface area contributed by atoms with Crippen LogP contribution in [0.15, 0.2) is 24.3 Å². The SMILES string of the molecule is Cl.O=C1OC[C@H]2CN(C(=O)CCc3nc4ccccc4s3)C[C@@H]12. The number of esters is 1. The molecule has 2 saturated heterocycles. The third-order valence-electron chi connectivity index (χ3n) is 4.43. The van der Waals surface area contributed by atoms with Gasteiger partial charge in [-0.2, -0.15) is 0 Å². The van der Waals surface area contributed by atoms with E-state index in [4.69, 9.17) is 4.74 Å². The van der Waals surface area contributed by atoms with Crippen molar-refractivity contribution in [2.24, 2.45) is 11.8 Å². The fourth-order valence-electron chi connectivity index (χ4n) is 3.21. The first-order valence-corrected chi connectivity index (χ1v) is 8.31. The number of rotatable bonds is 3. The molecule has 0 saturated carbocycles. The molecular weight excluding hydrogens is 336 g/mol. The van der Waals surface area contributed by atoms with Crippen molar-refractivity contribution in [3.63, 3.8) is 0 Å². The molecule has 0 N–H and O–H groups in total. The van der Waals surface area contributed by atoms with Gasteiger partial charge in [0.05, 0.1) is 27.7 Å².